The minimum atomic E-state index is -5.10. The number of ketones is 1. The molecule has 0 bridgehead atoms. The maximum Gasteiger partial charge on any atom is 0.575 e. The van der Waals surface area contributed by atoms with Crippen molar-refractivity contribution in [2.24, 2.45) is 5.92 Å². The van der Waals surface area contributed by atoms with Gasteiger partial charge in [-0.05, 0) is 12.1 Å². The number of benzene rings is 1. The Morgan fingerprint density at radius 2 is 2.00 bits per heavy atom. The van der Waals surface area contributed by atoms with Gasteiger partial charge in [-0.1, -0.05) is 12.1 Å². The number of rotatable bonds is 1. The second kappa shape index (κ2) is 4.32. The molecule has 0 saturated heterocycles. The third-order valence-corrected chi connectivity index (χ3v) is 2.38. The zero-order valence-corrected chi connectivity index (χ0v) is 8.86. The van der Waals surface area contributed by atoms with Gasteiger partial charge in [-0.3, -0.25) is 9.59 Å². The van der Waals surface area contributed by atoms with Crippen molar-refractivity contribution in [1.29, 1.82) is 0 Å². The van der Waals surface area contributed by atoms with Crippen molar-refractivity contribution in [3.8, 4) is 5.75 Å². The lowest BCUT2D eigenvalue weighted by Crippen LogP contribution is -2.37. The Morgan fingerprint density at radius 3 is 2.67 bits per heavy atom. The van der Waals surface area contributed by atoms with Crippen LogP contribution in [-0.4, -0.2) is 24.7 Å². The summed E-state index contributed by atoms with van der Waals surface area (Å²) in [6.07, 6.45) is -5.10. The lowest BCUT2D eigenvalue weighted by atomic mass is 9.95. The van der Waals surface area contributed by atoms with Crippen LogP contribution < -0.4 is 4.74 Å². The summed E-state index contributed by atoms with van der Waals surface area (Å²) in [6.45, 7) is -0.454. The molecule has 1 unspecified atom stereocenters. The zero-order valence-electron chi connectivity index (χ0n) is 8.86. The van der Waals surface area contributed by atoms with E-state index in [1.165, 1.54) is 18.2 Å². The van der Waals surface area contributed by atoms with Crippen LogP contribution in [0.1, 0.15) is 10.4 Å². The smallest absolute Gasteiger partial charge is 0.491 e. The molecule has 0 amide bonds. The molecule has 0 radical (unpaired) electrons. The van der Waals surface area contributed by atoms with Gasteiger partial charge < -0.3 is 9.47 Å². The monoisotopic (exact) mass is 260 g/mol. The first-order valence-corrected chi connectivity index (χ1v) is 4.94. The Kier molecular flexibility index (Phi) is 2.98. The first kappa shape index (κ1) is 12.4. The fourth-order valence-corrected chi connectivity index (χ4v) is 1.59. The highest BCUT2D eigenvalue weighted by atomic mass is 19.4. The summed E-state index contributed by atoms with van der Waals surface area (Å²) in [7, 11) is 0. The van der Waals surface area contributed by atoms with Gasteiger partial charge >= 0.3 is 12.3 Å². The first-order chi connectivity index (χ1) is 8.38. The summed E-state index contributed by atoms with van der Waals surface area (Å²) < 4.78 is 43.9. The lowest BCUT2D eigenvalue weighted by Gasteiger charge is -2.22. The molecule has 2 rings (SSSR count). The van der Waals surface area contributed by atoms with Crippen molar-refractivity contribution >= 4 is 11.8 Å². The van der Waals surface area contributed by atoms with Crippen LogP contribution in [0, 0.1) is 5.92 Å². The Balaban J connectivity index is 2.19. The normalized spacial score (nSPS) is 18.8. The van der Waals surface area contributed by atoms with E-state index in [9.17, 15) is 22.8 Å². The van der Waals surface area contributed by atoms with Gasteiger partial charge in [0.2, 0.25) is 0 Å². The fraction of sp³-hybridized carbons (Fsp3) is 0.273. The number of Topliss-reactive ketones (excluding diaryl/α,β-unsaturated/α-hetero) is 1. The average Bonchev–Trinajstić information content (AvgIpc) is 2.27. The number of carbonyl (C=O) groups is 2. The third-order valence-electron chi connectivity index (χ3n) is 2.38. The molecule has 18 heavy (non-hydrogen) atoms. The van der Waals surface area contributed by atoms with Crippen molar-refractivity contribution in [2.45, 2.75) is 6.36 Å². The number of fused-ring (bicyclic) bond motifs is 1. The molecule has 0 aliphatic carbocycles. The number of hydrogen-bond donors (Lipinski definition) is 0. The SMILES string of the molecule is O=C(OC(F)(F)F)C1COc2ccccc2C1=O. The highest BCUT2D eigenvalue weighted by Crippen LogP contribution is 2.29. The molecule has 1 aliphatic rings. The third kappa shape index (κ3) is 2.44. The maximum absolute atomic E-state index is 11.9. The van der Waals surface area contributed by atoms with Gasteiger partial charge in [-0.2, -0.15) is 0 Å². The highest BCUT2D eigenvalue weighted by molar-refractivity contribution is 6.11. The summed E-state index contributed by atoms with van der Waals surface area (Å²) in [5.41, 5.74) is 0.0767. The van der Waals surface area contributed by atoms with Crippen LogP contribution in [0.4, 0.5) is 13.2 Å². The number of hydrogen-bond acceptors (Lipinski definition) is 4. The van der Waals surface area contributed by atoms with Crippen molar-refractivity contribution in [3.05, 3.63) is 29.8 Å². The number of esters is 1. The molecule has 1 atom stereocenters. The van der Waals surface area contributed by atoms with Crippen LogP contribution in [0.15, 0.2) is 24.3 Å². The molecule has 7 heteroatoms. The molecule has 4 nitrogen and oxygen atoms in total. The summed E-state index contributed by atoms with van der Waals surface area (Å²) in [5, 5.41) is 0. The second-order valence-electron chi connectivity index (χ2n) is 3.59. The number of para-hydroxylation sites is 1. The van der Waals surface area contributed by atoms with Gasteiger partial charge in [0, 0.05) is 0 Å². The predicted octanol–water partition coefficient (Wildman–Crippen LogP) is 1.94. The predicted molar refractivity (Wildman–Crippen MR) is 51.9 cm³/mol. The van der Waals surface area contributed by atoms with Crippen molar-refractivity contribution in [1.82, 2.24) is 0 Å². The van der Waals surface area contributed by atoms with E-state index >= 15 is 0 Å². The molecule has 1 aromatic rings. The minimum absolute atomic E-state index is 0.0767. The largest absolute Gasteiger partial charge is 0.575 e. The van der Waals surface area contributed by atoms with E-state index in [1.54, 1.807) is 6.07 Å². The molecule has 0 N–H and O–H groups in total. The van der Waals surface area contributed by atoms with E-state index in [0.717, 1.165) is 0 Å². The van der Waals surface area contributed by atoms with E-state index in [-0.39, 0.29) is 11.3 Å². The average molecular weight is 260 g/mol. The van der Waals surface area contributed by atoms with Crippen molar-refractivity contribution < 1.29 is 32.2 Å². The Bertz CT molecular complexity index is 495. The Hall–Kier alpha value is -2.05. The molecule has 0 saturated carbocycles. The Labute approximate surface area is 99.3 Å². The van der Waals surface area contributed by atoms with Gasteiger partial charge in [0.25, 0.3) is 0 Å². The number of carbonyl (C=O) groups excluding carboxylic acids is 2. The van der Waals surface area contributed by atoms with Gasteiger partial charge in [0.1, 0.15) is 12.4 Å². The van der Waals surface area contributed by atoms with Crippen LogP contribution in [0.5, 0.6) is 5.75 Å². The minimum Gasteiger partial charge on any atom is -0.491 e. The molecular formula is C11H7F3O4. The van der Waals surface area contributed by atoms with Crippen molar-refractivity contribution in [2.75, 3.05) is 6.61 Å². The van der Waals surface area contributed by atoms with E-state index in [2.05, 4.69) is 4.74 Å². The molecule has 1 aliphatic heterocycles. The van der Waals surface area contributed by atoms with Crippen molar-refractivity contribution in [3.63, 3.8) is 0 Å². The first-order valence-electron chi connectivity index (χ1n) is 4.94. The Morgan fingerprint density at radius 1 is 1.33 bits per heavy atom. The zero-order chi connectivity index (χ0) is 13.3. The van der Waals surface area contributed by atoms with Crippen LogP contribution >= 0.6 is 0 Å². The van der Waals surface area contributed by atoms with E-state index in [4.69, 9.17) is 4.74 Å². The summed E-state index contributed by atoms with van der Waals surface area (Å²) in [4.78, 5) is 23.0. The maximum atomic E-state index is 11.9. The van der Waals surface area contributed by atoms with Crippen LogP contribution in [0.25, 0.3) is 0 Å². The van der Waals surface area contributed by atoms with Gasteiger partial charge in [-0.15, -0.1) is 13.2 Å². The van der Waals surface area contributed by atoms with E-state index < -0.39 is 30.6 Å². The summed E-state index contributed by atoms with van der Waals surface area (Å²) in [5.74, 6) is -3.71. The summed E-state index contributed by atoms with van der Waals surface area (Å²) in [6, 6.07) is 6.02. The molecule has 1 heterocycles. The second-order valence-corrected chi connectivity index (χ2v) is 3.59. The molecular weight excluding hydrogens is 253 g/mol. The molecule has 1 aromatic carbocycles. The van der Waals surface area contributed by atoms with Gasteiger partial charge in [0.05, 0.1) is 5.56 Å². The number of halogens is 3. The molecule has 0 spiro atoms. The standard InChI is InChI=1S/C11H7F3O4/c12-11(13,14)18-10(16)7-5-17-8-4-2-1-3-6(8)9(7)15/h1-4,7H,5H2. The van der Waals surface area contributed by atoms with Gasteiger partial charge in [0.15, 0.2) is 11.7 Å². The lowest BCUT2D eigenvalue weighted by molar-refractivity contribution is -0.307. The van der Waals surface area contributed by atoms with Crippen LogP contribution in [0.2, 0.25) is 0 Å². The molecule has 96 valence electrons. The molecule has 0 aromatic heterocycles. The van der Waals surface area contributed by atoms with E-state index in [1.807, 2.05) is 0 Å². The quantitative estimate of drug-likeness (QED) is 0.572. The highest BCUT2D eigenvalue weighted by Gasteiger charge is 2.42. The number of ether oxygens (including phenoxy) is 2. The van der Waals surface area contributed by atoms with E-state index in [0.29, 0.717) is 0 Å². The van der Waals surface area contributed by atoms with Crippen LogP contribution in [0.3, 0.4) is 0 Å². The van der Waals surface area contributed by atoms with Gasteiger partial charge in [-0.25, -0.2) is 0 Å². The number of alkyl halides is 3. The molecule has 0 fully saturated rings. The fourth-order valence-electron chi connectivity index (χ4n) is 1.59. The summed E-state index contributed by atoms with van der Waals surface area (Å²) >= 11 is 0. The van der Waals surface area contributed by atoms with Crippen LogP contribution in [-0.2, 0) is 9.53 Å². The topological polar surface area (TPSA) is 52.6 Å².